The lowest BCUT2D eigenvalue weighted by atomic mass is 10.1. The lowest BCUT2D eigenvalue weighted by Crippen LogP contribution is -2.49. The zero-order valence-corrected chi connectivity index (χ0v) is 14.2. The van der Waals surface area contributed by atoms with Gasteiger partial charge < -0.3 is 19.0 Å². The van der Waals surface area contributed by atoms with Gasteiger partial charge in [0.2, 0.25) is 5.89 Å². The van der Waals surface area contributed by atoms with Gasteiger partial charge in [0.05, 0.1) is 12.7 Å². The number of piperazine rings is 1. The van der Waals surface area contributed by atoms with E-state index in [1.165, 1.54) is 0 Å². The van der Waals surface area contributed by atoms with Gasteiger partial charge in [-0.1, -0.05) is 31.1 Å². The number of methoxy groups -OCH3 is 1. The highest BCUT2D eigenvalue weighted by atomic mass is 16.5. The predicted octanol–water partition coefficient (Wildman–Crippen LogP) is 2.16. The molecule has 1 aromatic heterocycles. The maximum absolute atomic E-state index is 12.7. The minimum atomic E-state index is -0.0134. The molecule has 128 valence electrons. The summed E-state index contributed by atoms with van der Waals surface area (Å²) in [4.78, 5) is 16.5. The first-order valence-corrected chi connectivity index (χ1v) is 8.10. The first-order valence-electron chi connectivity index (χ1n) is 8.10. The van der Waals surface area contributed by atoms with Gasteiger partial charge in [-0.3, -0.25) is 4.79 Å². The average Bonchev–Trinajstić information content (AvgIpc) is 3.11. The summed E-state index contributed by atoms with van der Waals surface area (Å²) in [5.41, 5.74) is 0.591. The van der Waals surface area contributed by atoms with Gasteiger partial charge in [-0.2, -0.15) is 0 Å². The van der Waals surface area contributed by atoms with Gasteiger partial charge in [0, 0.05) is 32.1 Å². The molecule has 0 radical (unpaired) electrons. The van der Waals surface area contributed by atoms with Crippen molar-refractivity contribution in [2.75, 3.05) is 38.2 Å². The Balaban J connectivity index is 1.65. The van der Waals surface area contributed by atoms with Crippen LogP contribution in [0.4, 0.5) is 6.01 Å². The van der Waals surface area contributed by atoms with E-state index in [4.69, 9.17) is 9.15 Å². The number of amides is 1. The van der Waals surface area contributed by atoms with Crippen LogP contribution in [0, 0.1) is 0 Å². The van der Waals surface area contributed by atoms with E-state index in [1.54, 1.807) is 19.2 Å². The number of para-hydroxylation sites is 1. The molecule has 0 unspecified atom stereocenters. The highest BCUT2D eigenvalue weighted by molar-refractivity contribution is 5.97. The third-order valence-corrected chi connectivity index (χ3v) is 4.10. The second-order valence-corrected chi connectivity index (χ2v) is 6.06. The molecule has 1 aliphatic rings. The molecule has 1 aliphatic heterocycles. The number of aromatic nitrogens is 2. The summed E-state index contributed by atoms with van der Waals surface area (Å²) in [6.45, 7) is 6.58. The van der Waals surface area contributed by atoms with Crippen molar-refractivity contribution in [1.82, 2.24) is 15.1 Å². The lowest BCUT2D eigenvalue weighted by Gasteiger charge is -2.33. The van der Waals surface area contributed by atoms with E-state index in [0.717, 1.165) is 0 Å². The number of hydrogen-bond acceptors (Lipinski definition) is 6. The molecule has 24 heavy (non-hydrogen) atoms. The van der Waals surface area contributed by atoms with E-state index in [9.17, 15) is 4.79 Å². The van der Waals surface area contributed by atoms with E-state index in [-0.39, 0.29) is 11.8 Å². The van der Waals surface area contributed by atoms with E-state index in [2.05, 4.69) is 10.2 Å². The van der Waals surface area contributed by atoms with Crippen molar-refractivity contribution >= 4 is 11.9 Å². The van der Waals surface area contributed by atoms with Crippen LogP contribution in [0.1, 0.15) is 36.0 Å². The normalized spacial score (nSPS) is 15.0. The number of benzene rings is 1. The molecule has 0 atom stereocenters. The van der Waals surface area contributed by atoms with Crippen molar-refractivity contribution in [3.63, 3.8) is 0 Å². The molecule has 7 heteroatoms. The smallest absolute Gasteiger partial charge is 0.318 e. The second-order valence-electron chi connectivity index (χ2n) is 6.06. The number of ether oxygens (including phenoxy) is 1. The summed E-state index contributed by atoms with van der Waals surface area (Å²) in [6, 6.07) is 7.83. The Morgan fingerprint density at radius 1 is 1.17 bits per heavy atom. The van der Waals surface area contributed by atoms with Gasteiger partial charge in [0.15, 0.2) is 0 Å². The Bertz CT molecular complexity index is 705. The molecule has 0 spiro atoms. The molecule has 7 nitrogen and oxygen atoms in total. The van der Waals surface area contributed by atoms with Crippen LogP contribution in [0.25, 0.3) is 0 Å². The predicted molar refractivity (Wildman–Crippen MR) is 89.5 cm³/mol. The van der Waals surface area contributed by atoms with Crippen LogP contribution >= 0.6 is 0 Å². The van der Waals surface area contributed by atoms with Crippen molar-refractivity contribution in [2.45, 2.75) is 19.8 Å². The van der Waals surface area contributed by atoms with E-state index in [0.29, 0.717) is 49.4 Å². The molecular formula is C17H22N4O3. The number of nitrogens with zero attached hydrogens (tertiary/aromatic N) is 4. The molecule has 1 fully saturated rings. The van der Waals surface area contributed by atoms with E-state index < -0.39 is 0 Å². The summed E-state index contributed by atoms with van der Waals surface area (Å²) in [5.74, 6) is 1.43. The average molecular weight is 330 g/mol. The number of hydrogen-bond donors (Lipinski definition) is 0. The highest BCUT2D eigenvalue weighted by Crippen LogP contribution is 2.22. The summed E-state index contributed by atoms with van der Waals surface area (Å²) in [5, 5.41) is 8.16. The van der Waals surface area contributed by atoms with Crippen molar-refractivity contribution in [2.24, 2.45) is 0 Å². The number of rotatable bonds is 4. The van der Waals surface area contributed by atoms with Gasteiger partial charge in [-0.15, -0.1) is 5.10 Å². The van der Waals surface area contributed by atoms with Gasteiger partial charge >= 0.3 is 6.01 Å². The van der Waals surface area contributed by atoms with Gasteiger partial charge in [0.25, 0.3) is 5.91 Å². The molecule has 0 saturated carbocycles. The van der Waals surface area contributed by atoms with Crippen molar-refractivity contribution in [3.05, 3.63) is 35.7 Å². The summed E-state index contributed by atoms with van der Waals surface area (Å²) >= 11 is 0. The number of carbonyl (C=O) groups is 1. The zero-order valence-electron chi connectivity index (χ0n) is 14.2. The van der Waals surface area contributed by atoms with Crippen LogP contribution in [0.2, 0.25) is 0 Å². The summed E-state index contributed by atoms with van der Waals surface area (Å²) in [6.07, 6.45) is 0. The van der Waals surface area contributed by atoms with Crippen LogP contribution in [0.5, 0.6) is 5.75 Å². The lowest BCUT2D eigenvalue weighted by molar-refractivity contribution is 0.0741. The van der Waals surface area contributed by atoms with Gasteiger partial charge in [-0.25, -0.2) is 0 Å². The van der Waals surface area contributed by atoms with Crippen molar-refractivity contribution in [3.8, 4) is 5.75 Å². The quantitative estimate of drug-likeness (QED) is 0.855. The Labute approximate surface area is 141 Å². The van der Waals surface area contributed by atoms with Crippen LogP contribution in [-0.4, -0.2) is 54.3 Å². The molecule has 0 bridgehead atoms. The Morgan fingerprint density at radius 2 is 1.88 bits per heavy atom. The standard InChI is InChI=1S/C17H22N4O3/c1-12(2)15-18-19-17(24-15)21-10-8-20(9-11-21)16(22)13-6-4-5-7-14(13)23-3/h4-7,12H,8-11H2,1-3H3. The summed E-state index contributed by atoms with van der Waals surface area (Å²) < 4.78 is 11.0. The molecule has 0 aliphatic carbocycles. The molecule has 2 aromatic rings. The number of carbonyl (C=O) groups excluding carboxylic acids is 1. The maximum Gasteiger partial charge on any atom is 0.318 e. The van der Waals surface area contributed by atoms with Crippen LogP contribution in [-0.2, 0) is 0 Å². The first-order chi connectivity index (χ1) is 11.6. The van der Waals surface area contributed by atoms with Crippen LogP contribution in [0.3, 0.4) is 0 Å². The van der Waals surface area contributed by atoms with Gasteiger partial charge in [-0.05, 0) is 12.1 Å². The third kappa shape index (κ3) is 3.20. The molecule has 1 saturated heterocycles. The fourth-order valence-electron chi connectivity index (χ4n) is 2.68. The second kappa shape index (κ2) is 6.90. The molecule has 1 amide bonds. The van der Waals surface area contributed by atoms with Crippen molar-refractivity contribution in [1.29, 1.82) is 0 Å². The fourth-order valence-corrected chi connectivity index (χ4v) is 2.68. The van der Waals surface area contributed by atoms with Gasteiger partial charge in [0.1, 0.15) is 5.75 Å². The van der Waals surface area contributed by atoms with Crippen LogP contribution < -0.4 is 9.64 Å². The van der Waals surface area contributed by atoms with Crippen molar-refractivity contribution < 1.29 is 13.9 Å². The topological polar surface area (TPSA) is 71.7 Å². The Kier molecular flexibility index (Phi) is 4.69. The summed E-state index contributed by atoms with van der Waals surface area (Å²) in [7, 11) is 1.58. The minimum Gasteiger partial charge on any atom is -0.496 e. The highest BCUT2D eigenvalue weighted by Gasteiger charge is 2.26. The Hall–Kier alpha value is -2.57. The largest absolute Gasteiger partial charge is 0.496 e. The monoisotopic (exact) mass is 330 g/mol. The third-order valence-electron chi connectivity index (χ3n) is 4.10. The zero-order chi connectivity index (χ0) is 17.1. The maximum atomic E-state index is 12.7. The molecular weight excluding hydrogens is 308 g/mol. The van der Waals surface area contributed by atoms with E-state index >= 15 is 0 Å². The molecule has 3 rings (SSSR count). The first kappa shape index (κ1) is 16.3. The molecule has 0 N–H and O–H groups in total. The van der Waals surface area contributed by atoms with Crippen LogP contribution in [0.15, 0.2) is 28.7 Å². The minimum absolute atomic E-state index is 0.0134. The molecule has 1 aromatic carbocycles. The fraction of sp³-hybridized carbons (Fsp3) is 0.471. The van der Waals surface area contributed by atoms with E-state index in [1.807, 2.05) is 35.8 Å². The SMILES string of the molecule is COc1ccccc1C(=O)N1CCN(c2nnc(C(C)C)o2)CC1. The number of anilines is 1. The Morgan fingerprint density at radius 3 is 2.50 bits per heavy atom. The molecule has 2 heterocycles.